The number of pyridine rings is 1. The summed E-state index contributed by atoms with van der Waals surface area (Å²) in [6, 6.07) is 8.72. The molecule has 0 aliphatic heterocycles. The van der Waals surface area contributed by atoms with Gasteiger partial charge in [-0.15, -0.1) is 0 Å². The van der Waals surface area contributed by atoms with Crippen LogP contribution in [0.2, 0.25) is 5.02 Å². The number of H-pyrrole nitrogens is 1. The molecule has 0 aliphatic rings. The molecule has 0 bridgehead atoms. The van der Waals surface area contributed by atoms with Crippen molar-refractivity contribution in [2.24, 2.45) is 0 Å². The zero-order valence-corrected chi connectivity index (χ0v) is 12.0. The van der Waals surface area contributed by atoms with Crippen molar-refractivity contribution in [3.05, 3.63) is 68.0 Å². The third-order valence-corrected chi connectivity index (χ3v) is 3.63. The maximum atomic E-state index is 12.2. The Bertz CT molecular complexity index is 944. The Morgan fingerprint density at radius 3 is 2.81 bits per heavy atom. The van der Waals surface area contributed by atoms with Crippen molar-refractivity contribution in [1.82, 2.24) is 14.5 Å². The Labute approximate surface area is 124 Å². The minimum absolute atomic E-state index is 0.304. The summed E-state index contributed by atoms with van der Waals surface area (Å²) in [5.74, 6) is 0.304. The highest BCUT2D eigenvalue weighted by atomic mass is 35.5. The van der Waals surface area contributed by atoms with E-state index in [-0.39, 0.29) is 0 Å². The third kappa shape index (κ3) is 2.25. The van der Waals surface area contributed by atoms with Crippen LogP contribution in [0.4, 0.5) is 0 Å². The summed E-state index contributed by atoms with van der Waals surface area (Å²) in [4.78, 5) is 30.6. The molecule has 1 aromatic carbocycles. The Morgan fingerprint density at radius 2 is 2.10 bits per heavy atom. The molecule has 0 fully saturated rings. The fourth-order valence-electron chi connectivity index (χ4n) is 2.26. The highest BCUT2D eigenvalue weighted by Gasteiger charge is 2.13. The molecular weight excluding hydrogens is 290 g/mol. The van der Waals surface area contributed by atoms with Crippen molar-refractivity contribution in [1.29, 1.82) is 0 Å². The Kier molecular flexibility index (Phi) is 3.35. The molecule has 0 unspecified atom stereocenters. The second-order valence-corrected chi connectivity index (χ2v) is 5.02. The minimum Gasteiger partial charge on any atom is -0.273 e. The smallest absolute Gasteiger partial charge is 0.273 e. The van der Waals surface area contributed by atoms with E-state index in [1.165, 1.54) is 4.57 Å². The first-order valence-electron chi connectivity index (χ1n) is 6.50. The van der Waals surface area contributed by atoms with Gasteiger partial charge < -0.3 is 0 Å². The van der Waals surface area contributed by atoms with Gasteiger partial charge in [-0.3, -0.25) is 9.78 Å². The van der Waals surface area contributed by atoms with Crippen LogP contribution >= 0.6 is 11.6 Å². The number of aryl methyl sites for hydroxylation is 1. The van der Waals surface area contributed by atoms with Gasteiger partial charge in [0, 0.05) is 6.20 Å². The molecule has 21 heavy (non-hydrogen) atoms. The van der Waals surface area contributed by atoms with Crippen molar-refractivity contribution < 1.29 is 0 Å². The number of aromatic nitrogens is 3. The van der Waals surface area contributed by atoms with E-state index >= 15 is 0 Å². The van der Waals surface area contributed by atoms with E-state index in [9.17, 15) is 9.59 Å². The van der Waals surface area contributed by atoms with Gasteiger partial charge >= 0.3 is 5.69 Å². The Balaban J connectivity index is 2.50. The molecule has 6 heteroatoms. The summed E-state index contributed by atoms with van der Waals surface area (Å²) in [5, 5.41) is 0.767. The maximum absolute atomic E-state index is 12.2. The van der Waals surface area contributed by atoms with Crippen LogP contribution in [0.3, 0.4) is 0 Å². The van der Waals surface area contributed by atoms with Gasteiger partial charge in [0.25, 0.3) is 5.56 Å². The molecule has 2 aromatic heterocycles. The zero-order valence-electron chi connectivity index (χ0n) is 11.3. The van der Waals surface area contributed by atoms with Crippen LogP contribution < -0.4 is 11.2 Å². The van der Waals surface area contributed by atoms with Crippen LogP contribution in [0.1, 0.15) is 12.5 Å². The highest BCUT2D eigenvalue weighted by Crippen LogP contribution is 2.20. The second-order valence-electron chi connectivity index (χ2n) is 4.61. The van der Waals surface area contributed by atoms with Gasteiger partial charge in [0.15, 0.2) is 5.82 Å². The lowest BCUT2D eigenvalue weighted by Gasteiger charge is -2.10. The zero-order chi connectivity index (χ0) is 15.0. The molecule has 3 aromatic rings. The van der Waals surface area contributed by atoms with E-state index in [1.54, 1.807) is 24.4 Å². The standard InChI is InChI=1S/C15H12ClN3O2/c1-2-9-5-6-10-12(8-9)19(15(21)18-14(10)20)13-11(16)4-3-7-17-13/h3-8H,2H2,1H3,(H,18,20,21). The number of fused-ring (bicyclic) bond motifs is 1. The van der Waals surface area contributed by atoms with Crippen LogP contribution in [0.5, 0.6) is 0 Å². The molecule has 0 spiro atoms. The number of hydrogen-bond acceptors (Lipinski definition) is 3. The fraction of sp³-hybridized carbons (Fsp3) is 0.133. The number of benzene rings is 1. The average molecular weight is 302 g/mol. The molecule has 0 atom stereocenters. The average Bonchev–Trinajstić information content (AvgIpc) is 2.48. The van der Waals surface area contributed by atoms with Crippen molar-refractivity contribution in [2.45, 2.75) is 13.3 Å². The molecule has 0 radical (unpaired) electrons. The first-order valence-corrected chi connectivity index (χ1v) is 6.88. The molecule has 0 saturated heterocycles. The molecule has 0 amide bonds. The predicted octanol–water partition coefficient (Wildman–Crippen LogP) is 2.29. The highest BCUT2D eigenvalue weighted by molar-refractivity contribution is 6.32. The SMILES string of the molecule is CCc1ccc2c(=O)[nH]c(=O)n(-c3ncccc3Cl)c2c1. The van der Waals surface area contributed by atoms with Gasteiger partial charge in [-0.05, 0) is 36.2 Å². The predicted molar refractivity (Wildman–Crippen MR) is 82.3 cm³/mol. The van der Waals surface area contributed by atoms with E-state index in [1.807, 2.05) is 19.1 Å². The third-order valence-electron chi connectivity index (χ3n) is 3.33. The Hall–Kier alpha value is -2.40. The number of nitrogens with one attached hydrogen (secondary N) is 1. The second kappa shape index (κ2) is 5.18. The lowest BCUT2D eigenvalue weighted by Crippen LogP contribution is -2.30. The monoisotopic (exact) mass is 301 g/mol. The summed E-state index contributed by atoms with van der Waals surface area (Å²) >= 11 is 6.13. The van der Waals surface area contributed by atoms with Crippen molar-refractivity contribution in [3.63, 3.8) is 0 Å². The summed E-state index contributed by atoms with van der Waals surface area (Å²) in [5.41, 5.74) is 0.555. The van der Waals surface area contributed by atoms with Crippen LogP contribution in [-0.4, -0.2) is 14.5 Å². The van der Waals surface area contributed by atoms with Gasteiger partial charge in [0.2, 0.25) is 0 Å². The molecule has 1 N–H and O–H groups in total. The van der Waals surface area contributed by atoms with Crippen molar-refractivity contribution in [3.8, 4) is 5.82 Å². The molecule has 0 aliphatic carbocycles. The minimum atomic E-state index is -0.554. The molecule has 106 valence electrons. The summed E-state index contributed by atoms with van der Waals surface area (Å²) in [6.45, 7) is 2.00. The van der Waals surface area contributed by atoms with Gasteiger partial charge in [0.1, 0.15) is 0 Å². The number of hydrogen-bond donors (Lipinski definition) is 1. The first kappa shape index (κ1) is 13.6. The lowest BCUT2D eigenvalue weighted by atomic mass is 10.1. The van der Waals surface area contributed by atoms with Gasteiger partial charge in [-0.1, -0.05) is 24.6 Å². The van der Waals surface area contributed by atoms with E-state index in [0.717, 1.165) is 12.0 Å². The van der Waals surface area contributed by atoms with E-state index in [0.29, 0.717) is 21.7 Å². The summed E-state index contributed by atoms with van der Waals surface area (Å²) in [6.07, 6.45) is 2.35. The summed E-state index contributed by atoms with van der Waals surface area (Å²) < 4.78 is 1.33. The Morgan fingerprint density at radius 1 is 1.29 bits per heavy atom. The molecule has 2 heterocycles. The van der Waals surface area contributed by atoms with Crippen LogP contribution in [0.25, 0.3) is 16.7 Å². The van der Waals surface area contributed by atoms with Crippen LogP contribution in [0, 0.1) is 0 Å². The molecule has 3 rings (SSSR count). The topological polar surface area (TPSA) is 67.8 Å². The largest absolute Gasteiger partial charge is 0.334 e. The van der Waals surface area contributed by atoms with Crippen molar-refractivity contribution >= 4 is 22.5 Å². The maximum Gasteiger partial charge on any atom is 0.334 e. The first-order chi connectivity index (χ1) is 10.1. The number of halogens is 1. The van der Waals surface area contributed by atoms with Gasteiger partial charge in [-0.2, -0.15) is 0 Å². The number of nitrogens with zero attached hydrogens (tertiary/aromatic N) is 2. The van der Waals surface area contributed by atoms with Crippen LogP contribution in [-0.2, 0) is 6.42 Å². The number of rotatable bonds is 2. The van der Waals surface area contributed by atoms with Crippen molar-refractivity contribution in [2.75, 3.05) is 0 Å². The van der Waals surface area contributed by atoms with E-state index in [4.69, 9.17) is 11.6 Å². The van der Waals surface area contributed by atoms with Gasteiger partial charge in [0.05, 0.1) is 15.9 Å². The normalized spacial score (nSPS) is 11.0. The summed E-state index contributed by atoms with van der Waals surface area (Å²) in [7, 11) is 0. The van der Waals surface area contributed by atoms with Gasteiger partial charge in [-0.25, -0.2) is 14.3 Å². The molecule has 0 saturated carbocycles. The van der Waals surface area contributed by atoms with Crippen LogP contribution in [0.15, 0.2) is 46.1 Å². The van der Waals surface area contributed by atoms with E-state index in [2.05, 4.69) is 9.97 Å². The molecule has 5 nitrogen and oxygen atoms in total. The molecular formula is C15H12ClN3O2. The lowest BCUT2D eigenvalue weighted by molar-refractivity contribution is 0.908. The number of aromatic amines is 1. The van der Waals surface area contributed by atoms with E-state index < -0.39 is 11.2 Å². The quantitative estimate of drug-likeness (QED) is 0.789. The fourth-order valence-corrected chi connectivity index (χ4v) is 2.46.